The summed E-state index contributed by atoms with van der Waals surface area (Å²) in [5, 5.41) is 79.6. The maximum Gasteiger partial charge on any atom is 0.317 e. The second-order valence-electron chi connectivity index (χ2n) is 8.56. The number of ether oxygens (including phenoxy) is 4. The van der Waals surface area contributed by atoms with Crippen LogP contribution in [0, 0.1) is 0 Å². The van der Waals surface area contributed by atoms with Crippen molar-refractivity contribution >= 4 is 18.0 Å². The summed E-state index contributed by atoms with van der Waals surface area (Å²) in [6, 6.07) is 5.97. The van der Waals surface area contributed by atoms with Crippen LogP contribution in [0.1, 0.15) is 23.7 Å². The molecule has 0 aliphatic carbocycles. The van der Waals surface area contributed by atoms with E-state index in [0.29, 0.717) is 0 Å². The van der Waals surface area contributed by atoms with Gasteiger partial charge in [-0.2, -0.15) is 0 Å². The molecule has 14 heteroatoms. The number of phenols is 4. The molecule has 0 radical (unpaired) electrons. The maximum atomic E-state index is 11.6. The molecule has 6 atom stereocenters. The fourth-order valence-corrected chi connectivity index (χ4v) is 3.91. The lowest BCUT2D eigenvalue weighted by Gasteiger charge is -2.41. The molecule has 2 aliphatic rings. The van der Waals surface area contributed by atoms with Crippen LogP contribution in [0.5, 0.6) is 28.7 Å². The van der Waals surface area contributed by atoms with E-state index in [1.807, 2.05) is 0 Å². The molecule has 0 amide bonds. The normalized spacial score (nSPS) is 26.4. The molecule has 2 aliphatic heterocycles. The van der Waals surface area contributed by atoms with Crippen molar-refractivity contribution in [2.75, 3.05) is 6.61 Å². The van der Waals surface area contributed by atoms with Gasteiger partial charge in [-0.15, -0.1) is 0 Å². The minimum atomic E-state index is -1.84. The molecule has 2 aromatic rings. The lowest BCUT2D eigenvalue weighted by Crippen LogP contribution is -2.59. The molecule has 0 bridgehead atoms. The number of aliphatic hydroxyl groups excluding tert-OH is 3. The largest absolute Gasteiger partial charge is 0.508 e. The van der Waals surface area contributed by atoms with Crippen LogP contribution in [0.4, 0.5) is 0 Å². The van der Waals surface area contributed by atoms with Gasteiger partial charge in [0.05, 0.1) is 5.56 Å². The number of benzene rings is 2. The molecule has 4 rings (SSSR count). The molecule has 1 fully saturated rings. The van der Waals surface area contributed by atoms with E-state index >= 15 is 0 Å². The topological polar surface area (TPSA) is 233 Å². The fourth-order valence-electron chi connectivity index (χ4n) is 3.91. The average Bonchev–Trinajstić information content (AvgIpc) is 2.84. The van der Waals surface area contributed by atoms with Crippen molar-refractivity contribution in [2.24, 2.45) is 0 Å². The number of carbonyl (C=O) groups excluding carboxylic acids is 1. The number of esters is 1. The van der Waals surface area contributed by atoms with Gasteiger partial charge in [0, 0.05) is 17.7 Å². The first-order valence-electron chi connectivity index (χ1n) is 11.1. The number of phenolic OH excluding ortho intramolecular Hbond substituents is 4. The molecule has 2 aromatic carbocycles. The number of aliphatic hydroxyl groups is 3. The van der Waals surface area contributed by atoms with Crippen LogP contribution in [0.25, 0.3) is 6.08 Å². The van der Waals surface area contributed by atoms with Crippen molar-refractivity contribution < 1.29 is 69.4 Å². The molecule has 1 saturated heterocycles. The van der Waals surface area contributed by atoms with Gasteiger partial charge in [-0.1, -0.05) is 6.07 Å². The Balaban J connectivity index is 1.63. The maximum absolute atomic E-state index is 11.6. The molecular weight excluding hydrogens is 512 g/mol. The summed E-state index contributed by atoms with van der Waals surface area (Å²) in [5.41, 5.74) is 0.298. The Kier molecular flexibility index (Phi) is 7.50. The summed E-state index contributed by atoms with van der Waals surface area (Å²) < 4.78 is 21.9. The summed E-state index contributed by atoms with van der Waals surface area (Å²) in [4.78, 5) is 22.2. The average molecular weight is 536 g/mol. The monoisotopic (exact) mass is 536 g/mol. The quantitative estimate of drug-likeness (QED) is 0.130. The van der Waals surface area contributed by atoms with Gasteiger partial charge in [-0.05, 0) is 18.2 Å². The molecule has 0 saturated carbocycles. The van der Waals surface area contributed by atoms with E-state index in [9.17, 15) is 45.3 Å². The molecular formula is C24H24O14. The van der Waals surface area contributed by atoms with Crippen LogP contribution >= 0.6 is 0 Å². The Morgan fingerprint density at radius 1 is 0.895 bits per heavy atom. The Morgan fingerprint density at radius 3 is 2.32 bits per heavy atom. The van der Waals surface area contributed by atoms with Crippen molar-refractivity contribution in [1.82, 2.24) is 0 Å². The third kappa shape index (κ3) is 5.52. The Bertz CT molecular complexity index is 1260. The summed E-state index contributed by atoms with van der Waals surface area (Å²) in [6.07, 6.45) is -9.39. The molecule has 0 spiro atoms. The van der Waals surface area contributed by atoms with Gasteiger partial charge in [0.25, 0.3) is 0 Å². The summed E-state index contributed by atoms with van der Waals surface area (Å²) in [5.74, 6) is -4.29. The lowest BCUT2D eigenvalue weighted by atomic mass is 9.98. The van der Waals surface area contributed by atoms with Gasteiger partial charge in [0.1, 0.15) is 60.5 Å². The predicted octanol–water partition coefficient (Wildman–Crippen LogP) is -0.174. The van der Waals surface area contributed by atoms with Crippen molar-refractivity contribution in [3.63, 3.8) is 0 Å². The Morgan fingerprint density at radius 2 is 1.63 bits per heavy atom. The standard InChI is InChI=1S/C24H24O14/c25-10-4-13(27)11-6-16(23(36-15(11)5-10)9-1-2-12(26)14(28)3-9)37-24-22(34)21(33)20(32)17(38-24)8-35-19(31)7-18(29)30/h1-6,17,20-28,32-34H,7-8H2,(H,29,30)/t17?,20-,21?,22?,23?,24-/m1/s1. The van der Waals surface area contributed by atoms with Crippen LogP contribution in [0.2, 0.25) is 0 Å². The summed E-state index contributed by atoms with van der Waals surface area (Å²) >= 11 is 0. The number of fused-ring (bicyclic) bond motifs is 1. The number of carbonyl (C=O) groups is 2. The molecule has 0 aromatic heterocycles. The van der Waals surface area contributed by atoms with Gasteiger partial charge in [0.15, 0.2) is 17.6 Å². The third-order valence-corrected chi connectivity index (χ3v) is 5.82. The van der Waals surface area contributed by atoms with E-state index in [4.69, 9.17) is 24.1 Å². The number of hydrogen-bond acceptors (Lipinski definition) is 13. The van der Waals surface area contributed by atoms with Crippen molar-refractivity contribution in [1.29, 1.82) is 0 Å². The van der Waals surface area contributed by atoms with Crippen LogP contribution in [-0.4, -0.2) is 90.1 Å². The summed E-state index contributed by atoms with van der Waals surface area (Å²) in [6.45, 7) is -0.676. The SMILES string of the molecule is O=C(O)CC(=O)OCC1O[C@@H](OC2=Cc3c(O)cc(O)cc3OC2c2ccc(O)c(O)c2)C(O)C(O)[C@@H]1O. The number of aliphatic carboxylic acids is 1. The van der Waals surface area contributed by atoms with Crippen LogP contribution in [0.15, 0.2) is 36.1 Å². The Hall–Kier alpha value is -4.24. The van der Waals surface area contributed by atoms with Gasteiger partial charge in [-0.3, -0.25) is 9.59 Å². The van der Waals surface area contributed by atoms with Crippen LogP contribution in [0.3, 0.4) is 0 Å². The number of hydrogen-bond donors (Lipinski definition) is 8. The van der Waals surface area contributed by atoms with Gasteiger partial charge in [0.2, 0.25) is 6.29 Å². The van der Waals surface area contributed by atoms with Gasteiger partial charge < -0.3 is 59.8 Å². The second-order valence-corrected chi connectivity index (χ2v) is 8.56. The van der Waals surface area contributed by atoms with E-state index < -0.39 is 79.0 Å². The number of rotatable bonds is 7. The zero-order valence-corrected chi connectivity index (χ0v) is 19.4. The minimum Gasteiger partial charge on any atom is -0.508 e. The second kappa shape index (κ2) is 10.6. The van der Waals surface area contributed by atoms with E-state index in [0.717, 1.165) is 12.1 Å². The first-order valence-corrected chi connectivity index (χ1v) is 11.1. The fraction of sp³-hybridized carbons (Fsp3) is 0.333. The lowest BCUT2D eigenvalue weighted by molar-refractivity contribution is -0.294. The molecule has 4 unspecified atom stereocenters. The highest BCUT2D eigenvalue weighted by molar-refractivity contribution is 5.90. The third-order valence-electron chi connectivity index (χ3n) is 5.82. The van der Waals surface area contributed by atoms with E-state index in [2.05, 4.69) is 0 Å². The number of carboxylic acids is 1. The van der Waals surface area contributed by atoms with Crippen LogP contribution in [-0.2, 0) is 23.8 Å². The smallest absolute Gasteiger partial charge is 0.317 e. The molecule has 38 heavy (non-hydrogen) atoms. The Labute approximate surface area is 213 Å². The van der Waals surface area contributed by atoms with Crippen molar-refractivity contribution in [3.05, 3.63) is 47.2 Å². The van der Waals surface area contributed by atoms with E-state index in [1.165, 1.54) is 24.3 Å². The van der Waals surface area contributed by atoms with E-state index in [-0.39, 0.29) is 28.4 Å². The number of carboxylic acid groups (broad SMARTS) is 1. The van der Waals surface area contributed by atoms with E-state index in [1.54, 1.807) is 0 Å². The highest BCUT2D eigenvalue weighted by atomic mass is 16.7. The minimum absolute atomic E-state index is 0.0243. The predicted molar refractivity (Wildman–Crippen MR) is 122 cm³/mol. The molecule has 2 heterocycles. The van der Waals surface area contributed by atoms with Crippen molar-refractivity contribution in [3.8, 4) is 28.7 Å². The number of aromatic hydroxyl groups is 4. The first-order chi connectivity index (χ1) is 17.9. The zero-order chi connectivity index (χ0) is 27.7. The van der Waals surface area contributed by atoms with Crippen molar-refractivity contribution in [2.45, 2.75) is 43.2 Å². The van der Waals surface area contributed by atoms with Gasteiger partial charge >= 0.3 is 11.9 Å². The summed E-state index contributed by atoms with van der Waals surface area (Å²) in [7, 11) is 0. The highest BCUT2D eigenvalue weighted by Gasteiger charge is 2.46. The molecule has 8 N–H and O–H groups in total. The van der Waals surface area contributed by atoms with Crippen LogP contribution < -0.4 is 4.74 Å². The molecule has 14 nitrogen and oxygen atoms in total. The van der Waals surface area contributed by atoms with Gasteiger partial charge in [-0.25, -0.2) is 0 Å². The zero-order valence-electron chi connectivity index (χ0n) is 19.4. The molecule has 204 valence electrons. The highest BCUT2D eigenvalue weighted by Crippen LogP contribution is 2.45. The first kappa shape index (κ1) is 26.8.